The monoisotopic (exact) mass is 549 g/mol. The molecule has 11 heteroatoms. The van der Waals surface area contributed by atoms with Gasteiger partial charge in [0.05, 0.1) is 11.4 Å². The van der Waals surface area contributed by atoms with E-state index in [-0.39, 0.29) is 53.9 Å². The van der Waals surface area contributed by atoms with Gasteiger partial charge in [0.2, 0.25) is 11.6 Å². The molecule has 3 atom stereocenters. The lowest BCUT2D eigenvalue weighted by atomic mass is 9.90. The minimum absolute atomic E-state index is 0.0437. The average Bonchev–Trinajstić information content (AvgIpc) is 2.87. The van der Waals surface area contributed by atoms with Gasteiger partial charge in [0, 0.05) is 37.5 Å². The molecule has 0 unspecified atom stereocenters. The number of Topliss-reactive ketones (excluding diaryl/α,β-unsaturated/α-hetero) is 1. The van der Waals surface area contributed by atoms with Crippen molar-refractivity contribution in [3.05, 3.63) is 58.5 Å². The Hall–Kier alpha value is -3.57. The molecule has 10 nitrogen and oxygen atoms in total. The Balaban J connectivity index is 3.09. The van der Waals surface area contributed by atoms with Gasteiger partial charge in [-0.1, -0.05) is 45.1 Å². The molecule has 0 aromatic rings. The molecule has 0 fully saturated rings. The molecule has 1 aliphatic rings. The number of aliphatic hydroxyl groups is 1. The summed E-state index contributed by atoms with van der Waals surface area (Å²) in [6, 6.07) is 0. The lowest BCUT2D eigenvalue weighted by molar-refractivity contribution is -0.120. The van der Waals surface area contributed by atoms with Crippen LogP contribution in [0.2, 0.25) is 0 Å². The summed E-state index contributed by atoms with van der Waals surface area (Å²) < 4.78 is 23.3. The van der Waals surface area contributed by atoms with Crippen LogP contribution < -0.4 is 16.4 Å². The zero-order chi connectivity index (χ0) is 29.7. The fraction of sp³-hybridized carbons (Fsp3) is 0.500. The third-order valence-corrected chi connectivity index (χ3v) is 5.70. The highest BCUT2D eigenvalue weighted by molar-refractivity contribution is 6.23. The van der Waals surface area contributed by atoms with Crippen molar-refractivity contribution >= 4 is 23.6 Å². The summed E-state index contributed by atoms with van der Waals surface area (Å²) in [5.74, 6) is -1.78. The number of aliphatic hydroxyl groups excluding tert-OH is 1. The highest BCUT2D eigenvalue weighted by atomic mass is 19.1. The quantitative estimate of drug-likeness (QED) is 0.105. The predicted octanol–water partition coefficient (Wildman–Crippen LogP) is 2.55. The lowest BCUT2D eigenvalue weighted by Gasteiger charge is -2.24. The Labute approximate surface area is 228 Å². The Bertz CT molecular complexity index is 1070. The highest BCUT2D eigenvalue weighted by Crippen LogP contribution is 2.23. The van der Waals surface area contributed by atoms with Gasteiger partial charge in [-0.15, -0.1) is 0 Å². The van der Waals surface area contributed by atoms with Crippen molar-refractivity contribution in [2.45, 2.75) is 53.2 Å². The second-order valence-corrected chi connectivity index (χ2v) is 9.64. The molecule has 0 aromatic heterocycles. The number of carbonyl (C=O) groups excluding carboxylic acids is 4. The molecule has 0 saturated heterocycles. The molecule has 0 saturated carbocycles. The lowest BCUT2D eigenvalue weighted by Crippen LogP contribution is -2.36. The van der Waals surface area contributed by atoms with Gasteiger partial charge < -0.3 is 30.9 Å². The van der Waals surface area contributed by atoms with E-state index in [4.69, 9.17) is 15.2 Å². The Morgan fingerprint density at radius 2 is 1.87 bits per heavy atom. The van der Waals surface area contributed by atoms with Crippen LogP contribution in [-0.2, 0) is 23.9 Å². The van der Waals surface area contributed by atoms with Crippen LogP contribution >= 0.6 is 0 Å². The van der Waals surface area contributed by atoms with E-state index >= 15 is 0 Å². The first-order valence-electron chi connectivity index (χ1n) is 12.6. The third kappa shape index (κ3) is 10.6. The van der Waals surface area contributed by atoms with Crippen molar-refractivity contribution in [3.8, 4) is 0 Å². The van der Waals surface area contributed by atoms with E-state index < -0.39 is 42.4 Å². The summed E-state index contributed by atoms with van der Waals surface area (Å²) >= 11 is 0. The summed E-state index contributed by atoms with van der Waals surface area (Å²) in [6.45, 7) is 7.86. The van der Waals surface area contributed by atoms with Gasteiger partial charge >= 0.3 is 6.09 Å². The molecule has 0 heterocycles. The largest absolute Gasteiger partial charge is 0.439 e. The molecular weight excluding hydrogens is 509 g/mol. The van der Waals surface area contributed by atoms with Gasteiger partial charge in [0.1, 0.15) is 12.8 Å². The number of rotatable bonds is 15. The van der Waals surface area contributed by atoms with E-state index in [0.29, 0.717) is 5.57 Å². The van der Waals surface area contributed by atoms with Crippen LogP contribution in [0.5, 0.6) is 0 Å². The SMILES string of the molecule is CO[C@@H](/C=C\C=C(/C)C(=O)NC1=CC(=O)C(NCCF)=C(CC(C)C)C1=O)[C@@H](OC(N)=O)/C(C)=C/[C@H](C)CO. The summed E-state index contributed by atoms with van der Waals surface area (Å²) in [6.07, 6.45) is 4.96. The van der Waals surface area contributed by atoms with Gasteiger partial charge in [-0.25, -0.2) is 9.18 Å². The van der Waals surface area contributed by atoms with Crippen molar-refractivity contribution in [1.82, 2.24) is 10.6 Å². The number of hydrogen-bond acceptors (Lipinski definition) is 8. The first-order chi connectivity index (χ1) is 18.4. The fourth-order valence-electron chi connectivity index (χ4n) is 3.81. The molecule has 0 bridgehead atoms. The number of primary amides is 1. The number of methoxy groups -OCH3 is 1. The number of amides is 2. The number of carbonyl (C=O) groups is 4. The van der Waals surface area contributed by atoms with Crippen LogP contribution in [0, 0.1) is 11.8 Å². The molecular formula is C28H40FN3O7. The maximum atomic E-state index is 13.1. The number of allylic oxidation sites excluding steroid dienone is 4. The van der Waals surface area contributed by atoms with Gasteiger partial charge in [-0.2, -0.15) is 0 Å². The predicted molar refractivity (Wildman–Crippen MR) is 145 cm³/mol. The number of hydrogen-bond donors (Lipinski definition) is 4. The number of nitrogens with two attached hydrogens (primary N) is 1. The highest BCUT2D eigenvalue weighted by Gasteiger charge is 2.30. The van der Waals surface area contributed by atoms with Crippen LogP contribution in [0.1, 0.15) is 41.0 Å². The minimum Gasteiger partial charge on any atom is -0.439 e. The smallest absolute Gasteiger partial charge is 0.405 e. The Morgan fingerprint density at radius 1 is 1.21 bits per heavy atom. The van der Waals surface area contributed by atoms with Crippen molar-refractivity contribution in [2.24, 2.45) is 17.6 Å². The molecule has 216 valence electrons. The number of nitrogens with one attached hydrogen (secondary N) is 2. The van der Waals surface area contributed by atoms with Crippen molar-refractivity contribution in [3.63, 3.8) is 0 Å². The summed E-state index contributed by atoms with van der Waals surface area (Å²) in [5.41, 5.74) is 6.14. The summed E-state index contributed by atoms with van der Waals surface area (Å²) in [4.78, 5) is 49.9. The molecule has 0 aromatic carbocycles. The molecule has 1 rings (SSSR count). The second-order valence-electron chi connectivity index (χ2n) is 9.64. The van der Waals surface area contributed by atoms with E-state index in [2.05, 4.69) is 10.6 Å². The van der Waals surface area contributed by atoms with Crippen LogP contribution in [-0.4, -0.2) is 67.8 Å². The summed E-state index contributed by atoms with van der Waals surface area (Å²) in [7, 11) is 1.41. The fourth-order valence-corrected chi connectivity index (χ4v) is 3.81. The minimum atomic E-state index is -1.00. The maximum Gasteiger partial charge on any atom is 0.405 e. The molecule has 2 amide bonds. The molecule has 39 heavy (non-hydrogen) atoms. The number of ketones is 2. The first kappa shape index (κ1) is 33.5. The van der Waals surface area contributed by atoms with Crippen LogP contribution in [0.3, 0.4) is 0 Å². The average molecular weight is 550 g/mol. The van der Waals surface area contributed by atoms with Gasteiger partial charge in [0.15, 0.2) is 6.10 Å². The van der Waals surface area contributed by atoms with Gasteiger partial charge in [0.25, 0.3) is 5.91 Å². The van der Waals surface area contributed by atoms with Crippen molar-refractivity contribution in [2.75, 3.05) is 26.9 Å². The van der Waals surface area contributed by atoms with Crippen molar-refractivity contribution < 1.29 is 38.1 Å². The van der Waals surface area contributed by atoms with Gasteiger partial charge in [-0.05, 0) is 37.7 Å². The zero-order valence-corrected chi connectivity index (χ0v) is 23.4. The number of ether oxygens (including phenoxy) is 2. The molecule has 0 radical (unpaired) electrons. The molecule has 0 spiro atoms. The topological polar surface area (TPSA) is 157 Å². The van der Waals surface area contributed by atoms with E-state index in [0.717, 1.165) is 6.08 Å². The standard InChI is InChI=1S/C28H40FN3O7/c1-16(2)12-20-24(31-11-10-29)22(34)14-21(25(20)35)32-27(36)18(4)8-7-9-23(38-6)26(39-28(30)37)19(5)13-17(3)15-33/h7-9,13-14,16-17,23,26,31,33H,10-12,15H2,1-6H3,(H2,30,37)(H,32,36)/b9-7-,18-8+,19-13+/t17-,23-,26-/m0/s1. The number of halogens is 1. The van der Waals surface area contributed by atoms with E-state index in [1.807, 2.05) is 13.8 Å². The first-order valence-corrected chi connectivity index (χ1v) is 12.6. The Kier molecular flexibility index (Phi) is 14.1. The number of alkyl halides is 1. The second kappa shape index (κ2) is 16.4. The third-order valence-electron chi connectivity index (χ3n) is 5.70. The zero-order valence-electron chi connectivity index (χ0n) is 23.4. The van der Waals surface area contributed by atoms with Crippen LogP contribution in [0.25, 0.3) is 0 Å². The summed E-state index contributed by atoms with van der Waals surface area (Å²) in [5, 5.41) is 14.5. The van der Waals surface area contributed by atoms with E-state index in [1.54, 1.807) is 26.0 Å². The molecule has 0 aliphatic heterocycles. The molecule has 1 aliphatic carbocycles. The van der Waals surface area contributed by atoms with Crippen LogP contribution in [0.4, 0.5) is 9.18 Å². The van der Waals surface area contributed by atoms with Crippen molar-refractivity contribution in [1.29, 1.82) is 0 Å². The van der Waals surface area contributed by atoms with Crippen LogP contribution in [0.15, 0.2) is 58.5 Å². The van der Waals surface area contributed by atoms with E-state index in [9.17, 15) is 28.7 Å². The molecule has 5 N–H and O–H groups in total. The normalized spacial score (nSPS) is 17.3. The van der Waals surface area contributed by atoms with E-state index in [1.165, 1.54) is 26.2 Å². The van der Waals surface area contributed by atoms with Gasteiger partial charge in [-0.3, -0.25) is 14.4 Å². The maximum absolute atomic E-state index is 13.1. The Morgan fingerprint density at radius 3 is 2.41 bits per heavy atom.